The van der Waals surface area contributed by atoms with Gasteiger partial charge in [0.15, 0.2) is 16.6 Å². The van der Waals surface area contributed by atoms with Gasteiger partial charge in [-0.15, -0.1) is 5.10 Å². The molecule has 2 heterocycles. The van der Waals surface area contributed by atoms with Crippen LogP contribution in [0.2, 0.25) is 0 Å². The van der Waals surface area contributed by atoms with Crippen LogP contribution >= 0.6 is 11.8 Å². The van der Waals surface area contributed by atoms with Crippen molar-refractivity contribution in [1.82, 2.24) is 19.6 Å². The second-order valence-corrected chi connectivity index (χ2v) is 4.72. The zero-order chi connectivity index (χ0) is 13.2. The molecular formula is C12H9N5OS. The maximum absolute atomic E-state index is 9.16. The van der Waals surface area contributed by atoms with E-state index in [0.717, 1.165) is 10.9 Å². The van der Waals surface area contributed by atoms with Crippen molar-refractivity contribution < 1.29 is 5.11 Å². The van der Waals surface area contributed by atoms with Crippen LogP contribution in [0, 0.1) is 11.3 Å². The van der Waals surface area contributed by atoms with Crippen molar-refractivity contribution in [2.24, 2.45) is 0 Å². The van der Waals surface area contributed by atoms with Crippen LogP contribution in [0.1, 0.15) is 5.82 Å². The molecule has 2 aromatic heterocycles. The number of rotatable bonds is 3. The van der Waals surface area contributed by atoms with Gasteiger partial charge >= 0.3 is 0 Å². The SMILES string of the molecule is N#CCSc1nc2ccccc2c2nc(CO)nn12. The lowest BCUT2D eigenvalue weighted by Gasteiger charge is -2.03. The number of aromatic nitrogens is 4. The Morgan fingerprint density at radius 3 is 2.95 bits per heavy atom. The van der Waals surface area contributed by atoms with Crippen LogP contribution in [0.15, 0.2) is 29.4 Å². The average Bonchev–Trinajstić information content (AvgIpc) is 2.89. The van der Waals surface area contributed by atoms with Gasteiger partial charge in [0.05, 0.1) is 17.3 Å². The summed E-state index contributed by atoms with van der Waals surface area (Å²) < 4.78 is 1.58. The van der Waals surface area contributed by atoms with E-state index in [9.17, 15) is 0 Å². The lowest BCUT2D eigenvalue weighted by Crippen LogP contribution is -1.98. The number of thioether (sulfide) groups is 1. The first kappa shape index (κ1) is 11.9. The summed E-state index contributed by atoms with van der Waals surface area (Å²) in [6, 6.07) is 9.66. The molecule has 3 rings (SSSR count). The van der Waals surface area contributed by atoms with Crippen molar-refractivity contribution in [2.75, 3.05) is 5.75 Å². The van der Waals surface area contributed by atoms with Gasteiger partial charge in [0, 0.05) is 5.39 Å². The molecule has 0 radical (unpaired) electrons. The fourth-order valence-corrected chi connectivity index (χ4v) is 2.44. The molecule has 0 amide bonds. The van der Waals surface area contributed by atoms with Crippen molar-refractivity contribution in [3.05, 3.63) is 30.1 Å². The molecule has 0 spiro atoms. The van der Waals surface area contributed by atoms with Crippen molar-refractivity contribution in [3.8, 4) is 6.07 Å². The van der Waals surface area contributed by atoms with Crippen molar-refractivity contribution in [3.63, 3.8) is 0 Å². The van der Waals surface area contributed by atoms with E-state index in [1.165, 1.54) is 11.8 Å². The molecule has 0 atom stereocenters. The first-order chi connectivity index (χ1) is 9.33. The summed E-state index contributed by atoms with van der Waals surface area (Å²) in [5.74, 6) is 0.631. The molecule has 0 unspecified atom stereocenters. The van der Waals surface area contributed by atoms with E-state index in [1.54, 1.807) is 4.52 Å². The Hall–Kier alpha value is -2.17. The summed E-state index contributed by atoms with van der Waals surface area (Å²) >= 11 is 1.30. The molecule has 19 heavy (non-hydrogen) atoms. The number of nitriles is 1. The van der Waals surface area contributed by atoms with Crippen LogP contribution in [-0.4, -0.2) is 30.4 Å². The van der Waals surface area contributed by atoms with Gasteiger partial charge in [-0.25, -0.2) is 9.97 Å². The first-order valence-corrected chi connectivity index (χ1v) is 6.57. The van der Waals surface area contributed by atoms with Crippen LogP contribution in [0.5, 0.6) is 0 Å². The second-order valence-electron chi connectivity index (χ2n) is 3.78. The first-order valence-electron chi connectivity index (χ1n) is 5.58. The highest BCUT2D eigenvalue weighted by atomic mass is 32.2. The summed E-state index contributed by atoms with van der Waals surface area (Å²) in [7, 11) is 0. The summed E-state index contributed by atoms with van der Waals surface area (Å²) in [5.41, 5.74) is 1.45. The third kappa shape index (κ3) is 2.01. The van der Waals surface area contributed by atoms with E-state index in [-0.39, 0.29) is 12.4 Å². The van der Waals surface area contributed by atoms with Crippen LogP contribution in [0.3, 0.4) is 0 Å². The molecule has 0 aliphatic heterocycles. The largest absolute Gasteiger partial charge is 0.388 e. The zero-order valence-electron chi connectivity index (χ0n) is 9.82. The summed E-state index contributed by atoms with van der Waals surface area (Å²) in [5, 5.41) is 23.5. The molecular weight excluding hydrogens is 262 g/mol. The number of hydrogen-bond acceptors (Lipinski definition) is 6. The standard InChI is InChI=1S/C12H9N5OS/c13-5-6-19-12-14-9-4-2-1-3-8(9)11-15-10(7-18)16-17(11)12/h1-4,18H,6-7H2. The van der Waals surface area contributed by atoms with Gasteiger partial charge in [0.2, 0.25) is 0 Å². The molecule has 7 heteroatoms. The molecule has 6 nitrogen and oxygen atoms in total. The lowest BCUT2D eigenvalue weighted by molar-refractivity contribution is 0.271. The molecule has 1 N–H and O–H groups in total. The Morgan fingerprint density at radius 2 is 2.16 bits per heavy atom. The minimum Gasteiger partial charge on any atom is -0.388 e. The van der Waals surface area contributed by atoms with E-state index in [1.807, 2.05) is 24.3 Å². The number of aliphatic hydroxyl groups is 1. The third-order valence-corrected chi connectivity index (χ3v) is 3.40. The quantitative estimate of drug-likeness (QED) is 0.572. The van der Waals surface area contributed by atoms with Crippen LogP contribution in [-0.2, 0) is 6.61 Å². The van der Waals surface area contributed by atoms with Crippen molar-refractivity contribution >= 4 is 28.3 Å². The number of para-hydroxylation sites is 1. The van der Waals surface area contributed by atoms with Gasteiger partial charge in [-0.1, -0.05) is 23.9 Å². The van der Waals surface area contributed by atoms with Crippen molar-refractivity contribution in [2.45, 2.75) is 11.8 Å². The van der Waals surface area contributed by atoms with Gasteiger partial charge < -0.3 is 5.11 Å². The lowest BCUT2D eigenvalue weighted by atomic mass is 10.2. The number of fused-ring (bicyclic) bond motifs is 3. The normalized spacial score (nSPS) is 10.9. The maximum atomic E-state index is 9.16. The van der Waals surface area contributed by atoms with E-state index in [0.29, 0.717) is 16.6 Å². The fraction of sp³-hybridized carbons (Fsp3) is 0.167. The summed E-state index contributed by atoms with van der Waals surface area (Å²) in [6.45, 7) is -0.224. The van der Waals surface area contributed by atoms with Gasteiger partial charge in [-0.05, 0) is 12.1 Å². The predicted octanol–water partition coefficient (Wildman–Crippen LogP) is 1.39. The van der Waals surface area contributed by atoms with E-state index in [4.69, 9.17) is 10.4 Å². The van der Waals surface area contributed by atoms with Gasteiger partial charge in [-0.3, -0.25) is 0 Å². The third-order valence-electron chi connectivity index (χ3n) is 2.60. The maximum Gasteiger partial charge on any atom is 0.192 e. The molecule has 0 aliphatic carbocycles. The highest BCUT2D eigenvalue weighted by Crippen LogP contribution is 2.23. The predicted molar refractivity (Wildman–Crippen MR) is 70.5 cm³/mol. The molecule has 0 bridgehead atoms. The number of hydrogen-bond donors (Lipinski definition) is 1. The Morgan fingerprint density at radius 1 is 1.32 bits per heavy atom. The zero-order valence-corrected chi connectivity index (χ0v) is 10.6. The minimum atomic E-state index is -0.224. The second kappa shape index (κ2) is 4.84. The molecule has 0 aliphatic rings. The molecule has 1 aromatic carbocycles. The number of aliphatic hydroxyl groups excluding tert-OH is 1. The van der Waals surface area contributed by atoms with E-state index >= 15 is 0 Å². The van der Waals surface area contributed by atoms with E-state index in [2.05, 4.69) is 21.1 Å². The van der Waals surface area contributed by atoms with Crippen LogP contribution in [0.4, 0.5) is 0 Å². The van der Waals surface area contributed by atoms with Crippen LogP contribution < -0.4 is 0 Å². The smallest absolute Gasteiger partial charge is 0.192 e. The van der Waals surface area contributed by atoms with Gasteiger partial charge in [0.25, 0.3) is 0 Å². The van der Waals surface area contributed by atoms with E-state index < -0.39 is 0 Å². The Kier molecular flexibility index (Phi) is 3.03. The molecule has 3 aromatic rings. The summed E-state index contributed by atoms with van der Waals surface area (Å²) in [4.78, 5) is 8.77. The number of benzene rings is 1. The molecule has 0 saturated carbocycles. The number of nitrogens with zero attached hydrogens (tertiary/aromatic N) is 5. The Balaban J connectivity index is 2.33. The highest BCUT2D eigenvalue weighted by molar-refractivity contribution is 7.99. The Labute approximate surface area is 112 Å². The minimum absolute atomic E-state index is 0.224. The van der Waals surface area contributed by atoms with Crippen LogP contribution in [0.25, 0.3) is 16.6 Å². The Bertz CT molecular complexity index is 792. The summed E-state index contributed by atoms with van der Waals surface area (Å²) in [6.07, 6.45) is 0. The molecule has 0 fully saturated rings. The molecule has 0 saturated heterocycles. The molecule has 94 valence electrons. The average molecular weight is 271 g/mol. The monoisotopic (exact) mass is 271 g/mol. The highest BCUT2D eigenvalue weighted by Gasteiger charge is 2.12. The topological polar surface area (TPSA) is 87.1 Å². The van der Waals surface area contributed by atoms with Gasteiger partial charge in [0.1, 0.15) is 6.61 Å². The fourth-order valence-electron chi connectivity index (χ4n) is 1.83. The van der Waals surface area contributed by atoms with Gasteiger partial charge in [-0.2, -0.15) is 9.78 Å². The van der Waals surface area contributed by atoms with Crippen molar-refractivity contribution in [1.29, 1.82) is 5.26 Å².